The molecule has 1 atom stereocenters. The molecule has 2 N–H and O–H groups in total. The van der Waals surface area contributed by atoms with Gasteiger partial charge >= 0.3 is 0 Å². The standard InChI is InChI=1S/C13H16F2N2O/c1-8(10-5-16-6-10)13(18)17-7-9-2-3-11(14)4-12(9)15/h2-4,8,10,16H,5-7H2,1H3,(H,17,18). The molecule has 1 unspecified atom stereocenters. The number of carbonyl (C=O) groups excluding carboxylic acids is 1. The van der Waals surface area contributed by atoms with E-state index in [1.54, 1.807) is 0 Å². The second kappa shape index (κ2) is 5.44. The highest BCUT2D eigenvalue weighted by Crippen LogP contribution is 2.16. The van der Waals surface area contributed by atoms with Gasteiger partial charge in [0.25, 0.3) is 0 Å². The van der Waals surface area contributed by atoms with Crippen LogP contribution in [0.1, 0.15) is 12.5 Å². The molecule has 18 heavy (non-hydrogen) atoms. The van der Waals surface area contributed by atoms with Gasteiger partial charge in [-0.2, -0.15) is 0 Å². The highest BCUT2D eigenvalue weighted by atomic mass is 19.1. The topological polar surface area (TPSA) is 41.1 Å². The molecule has 5 heteroatoms. The van der Waals surface area contributed by atoms with Gasteiger partial charge in [0.1, 0.15) is 11.6 Å². The summed E-state index contributed by atoms with van der Waals surface area (Å²) in [6, 6.07) is 3.35. The van der Waals surface area contributed by atoms with Gasteiger partial charge in [0.15, 0.2) is 0 Å². The zero-order chi connectivity index (χ0) is 13.1. The average molecular weight is 254 g/mol. The molecule has 0 radical (unpaired) electrons. The molecule has 1 aliphatic rings. The third-order valence-corrected chi connectivity index (χ3v) is 3.40. The first-order valence-electron chi connectivity index (χ1n) is 6.00. The number of carbonyl (C=O) groups is 1. The van der Waals surface area contributed by atoms with Gasteiger partial charge in [0.05, 0.1) is 0 Å². The molecule has 0 spiro atoms. The molecule has 98 valence electrons. The average Bonchev–Trinajstić information content (AvgIpc) is 2.25. The maximum Gasteiger partial charge on any atom is 0.223 e. The Morgan fingerprint density at radius 3 is 2.78 bits per heavy atom. The zero-order valence-electron chi connectivity index (χ0n) is 10.2. The molecule has 0 aliphatic carbocycles. The van der Waals surface area contributed by atoms with Crippen LogP contribution in [0.5, 0.6) is 0 Å². The summed E-state index contributed by atoms with van der Waals surface area (Å²) in [6.07, 6.45) is 0. The molecule has 0 saturated carbocycles. The first-order chi connectivity index (χ1) is 8.58. The predicted octanol–water partition coefficient (Wildman–Crippen LogP) is 1.44. The van der Waals surface area contributed by atoms with E-state index in [0.717, 1.165) is 19.2 Å². The van der Waals surface area contributed by atoms with E-state index in [-0.39, 0.29) is 18.4 Å². The van der Waals surface area contributed by atoms with Gasteiger partial charge in [-0.3, -0.25) is 4.79 Å². The number of benzene rings is 1. The number of rotatable bonds is 4. The molecule has 1 saturated heterocycles. The Labute approximate surface area is 105 Å². The summed E-state index contributed by atoms with van der Waals surface area (Å²) < 4.78 is 26.0. The number of hydrogen-bond donors (Lipinski definition) is 2. The number of nitrogens with one attached hydrogen (secondary N) is 2. The molecule has 0 aromatic heterocycles. The Kier molecular flexibility index (Phi) is 3.91. The molecule has 3 nitrogen and oxygen atoms in total. The van der Waals surface area contributed by atoms with E-state index >= 15 is 0 Å². The summed E-state index contributed by atoms with van der Waals surface area (Å²) in [5, 5.41) is 5.78. The predicted molar refractivity (Wildman–Crippen MR) is 63.7 cm³/mol. The van der Waals surface area contributed by atoms with Crippen LogP contribution >= 0.6 is 0 Å². The minimum Gasteiger partial charge on any atom is -0.352 e. The SMILES string of the molecule is CC(C(=O)NCc1ccc(F)cc1F)C1CNC1. The van der Waals surface area contributed by atoms with E-state index in [0.29, 0.717) is 11.5 Å². The van der Waals surface area contributed by atoms with E-state index < -0.39 is 11.6 Å². The molecule has 0 bridgehead atoms. The van der Waals surface area contributed by atoms with Crippen molar-refractivity contribution in [2.75, 3.05) is 13.1 Å². The van der Waals surface area contributed by atoms with Crippen molar-refractivity contribution < 1.29 is 13.6 Å². The van der Waals surface area contributed by atoms with Crippen LogP contribution in [0.2, 0.25) is 0 Å². The van der Waals surface area contributed by atoms with Crippen molar-refractivity contribution in [2.45, 2.75) is 13.5 Å². The molecule has 1 fully saturated rings. The third kappa shape index (κ3) is 2.85. The van der Waals surface area contributed by atoms with Crippen LogP contribution in [0.4, 0.5) is 8.78 Å². The molecular weight excluding hydrogens is 238 g/mol. The second-order valence-electron chi connectivity index (χ2n) is 4.66. The molecule has 1 aromatic carbocycles. The first kappa shape index (κ1) is 13.0. The number of amides is 1. The van der Waals surface area contributed by atoms with E-state index in [4.69, 9.17) is 0 Å². The molecule has 2 rings (SSSR count). The van der Waals surface area contributed by atoms with E-state index in [1.807, 2.05) is 6.92 Å². The largest absolute Gasteiger partial charge is 0.352 e. The Morgan fingerprint density at radius 2 is 2.22 bits per heavy atom. The first-order valence-corrected chi connectivity index (χ1v) is 6.00. The van der Waals surface area contributed by atoms with Crippen molar-refractivity contribution in [3.63, 3.8) is 0 Å². The second-order valence-corrected chi connectivity index (χ2v) is 4.66. The van der Waals surface area contributed by atoms with Gasteiger partial charge in [-0.15, -0.1) is 0 Å². The van der Waals surface area contributed by atoms with Crippen molar-refractivity contribution in [2.24, 2.45) is 11.8 Å². The fourth-order valence-electron chi connectivity index (χ4n) is 1.89. The van der Waals surface area contributed by atoms with Crippen molar-refractivity contribution in [3.05, 3.63) is 35.4 Å². The van der Waals surface area contributed by atoms with Crippen LogP contribution < -0.4 is 10.6 Å². The Hall–Kier alpha value is -1.49. The van der Waals surface area contributed by atoms with E-state index in [1.165, 1.54) is 12.1 Å². The van der Waals surface area contributed by atoms with Gasteiger partial charge in [-0.25, -0.2) is 8.78 Å². The summed E-state index contributed by atoms with van der Waals surface area (Å²) in [7, 11) is 0. The minimum absolute atomic E-state index is 0.0882. The van der Waals surface area contributed by atoms with Gasteiger partial charge in [0.2, 0.25) is 5.91 Å². The molecule has 1 amide bonds. The van der Waals surface area contributed by atoms with Gasteiger partial charge in [-0.1, -0.05) is 13.0 Å². The zero-order valence-corrected chi connectivity index (χ0v) is 10.2. The Morgan fingerprint density at radius 1 is 1.50 bits per heavy atom. The van der Waals surface area contributed by atoms with Gasteiger partial charge in [0, 0.05) is 24.1 Å². The van der Waals surface area contributed by atoms with Crippen LogP contribution in [0.3, 0.4) is 0 Å². The van der Waals surface area contributed by atoms with Crippen molar-refractivity contribution >= 4 is 5.91 Å². The normalized spacial score (nSPS) is 17.1. The van der Waals surface area contributed by atoms with Gasteiger partial charge < -0.3 is 10.6 Å². The van der Waals surface area contributed by atoms with E-state index in [2.05, 4.69) is 10.6 Å². The Bertz CT molecular complexity index is 447. The maximum absolute atomic E-state index is 13.3. The van der Waals surface area contributed by atoms with Crippen LogP contribution in [0.15, 0.2) is 18.2 Å². The lowest BCUT2D eigenvalue weighted by Crippen LogP contribution is -2.49. The van der Waals surface area contributed by atoms with Crippen molar-refractivity contribution in [1.29, 1.82) is 0 Å². The fourth-order valence-corrected chi connectivity index (χ4v) is 1.89. The third-order valence-electron chi connectivity index (χ3n) is 3.40. The quantitative estimate of drug-likeness (QED) is 0.853. The lowest BCUT2D eigenvalue weighted by Gasteiger charge is -2.31. The van der Waals surface area contributed by atoms with Crippen LogP contribution in [0, 0.1) is 23.5 Å². The van der Waals surface area contributed by atoms with Crippen LogP contribution in [-0.4, -0.2) is 19.0 Å². The molecular formula is C13H16F2N2O. The molecule has 1 heterocycles. The Balaban J connectivity index is 1.88. The van der Waals surface area contributed by atoms with Crippen molar-refractivity contribution in [1.82, 2.24) is 10.6 Å². The van der Waals surface area contributed by atoms with Gasteiger partial charge in [-0.05, 0) is 25.1 Å². The van der Waals surface area contributed by atoms with Crippen molar-refractivity contribution in [3.8, 4) is 0 Å². The summed E-state index contributed by atoms with van der Waals surface area (Å²) in [5.41, 5.74) is 0.295. The summed E-state index contributed by atoms with van der Waals surface area (Å²) in [4.78, 5) is 11.8. The highest BCUT2D eigenvalue weighted by Gasteiger charge is 2.28. The fraction of sp³-hybridized carbons (Fsp3) is 0.462. The number of halogens is 2. The summed E-state index contributed by atoms with van der Waals surface area (Å²) in [5.74, 6) is -1.08. The van der Waals surface area contributed by atoms with E-state index in [9.17, 15) is 13.6 Å². The lowest BCUT2D eigenvalue weighted by atomic mass is 9.88. The molecule has 1 aliphatic heterocycles. The number of hydrogen-bond acceptors (Lipinski definition) is 2. The monoisotopic (exact) mass is 254 g/mol. The van der Waals surface area contributed by atoms with Crippen LogP contribution in [0.25, 0.3) is 0 Å². The lowest BCUT2D eigenvalue weighted by molar-refractivity contribution is -0.126. The minimum atomic E-state index is -0.631. The highest BCUT2D eigenvalue weighted by molar-refractivity contribution is 5.78. The van der Waals surface area contributed by atoms with Crippen LogP contribution in [-0.2, 0) is 11.3 Å². The molecule has 1 aromatic rings. The maximum atomic E-state index is 13.3. The summed E-state index contributed by atoms with van der Waals surface area (Å²) >= 11 is 0. The summed E-state index contributed by atoms with van der Waals surface area (Å²) in [6.45, 7) is 3.65. The smallest absolute Gasteiger partial charge is 0.223 e.